The third-order valence-corrected chi connectivity index (χ3v) is 2.54. The van der Waals surface area contributed by atoms with Gasteiger partial charge in [-0.2, -0.15) is 0 Å². The van der Waals surface area contributed by atoms with E-state index in [1.54, 1.807) is 6.08 Å². The lowest BCUT2D eigenvalue weighted by Crippen LogP contribution is -2.23. The van der Waals surface area contributed by atoms with Gasteiger partial charge in [-0.05, 0) is 24.3 Å². The molecule has 0 aliphatic heterocycles. The average molecular weight is 204 g/mol. The maximum atomic E-state index is 10.4. The van der Waals surface area contributed by atoms with Crippen molar-refractivity contribution < 1.29 is 4.79 Å². The van der Waals surface area contributed by atoms with Crippen LogP contribution >= 0.6 is 0 Å². The van der Waals surface area contributed by atoms with E-state index in [0.717, 1.165) is 19.1 Å². The summed E-state index contributed by atoms with van der Waals surface area (Å²) < 4.78 is 0. The molecule has 1 rings (SSSR count). The second kappa shape index (κ2) is 4.61. The van der Waals surface area contributed by atoms with Crippen LogP contribution in [0.15, 0.2) is 36.5 Å². The van der Waals surface area contributed by atoms with E-state index in [-0.39, 0.29) is 10.8 Å². The van der Waals surface area contributed by atoms with Crippen LogP contribution in [0.3, 0.4) is 0 Å². The van der Waals surface area contributed by atoms with Gasteiger partial charge in [0.2, 0.25) is 0 Å². The molecule has 0 radical (unpaired) electrons. The van der Waals surface area contributed by atoms with E-state index >= 15 is 0 Å². The van der Waals surface area contributed by atoms with Crippen LogP contribution in [0.1, 0.15) is 33.6 Å². The Kier molecular flexibility index (Phi) is 3.67. The predicted octanol–water partition coefficient (Wildman–Crippen LogP) is 3.68. The van der Waals surface area contributed by atoms with Crippen molar-refractivity contribution >= 4 is 6.29 Å². The van der Waals surface area contributed by atoms with Gasteiger partial charge in [-0.15, -0.1) is 0 Å². The minimum Gasteiger partial charge on any atom is -0.299 e. The summed E-state index contributed by atoms with van der Waals surface area (Å²) >= 11 is 0. The molecule has 15 heavy (non-hydrogen) atoms. The van der Waals surface area contributed by atoms with Gasteiger partial charge in [0.15, 0.2) is 0 Å². The normalized spacial score (nSPS) is 26.1. The topological polar surface area (TPSA) is 17.1 Å². The zero-order valence-corrected chi connectivity index (χ0v) is 9.86. The molecule has 0 fully saturated rings. The van der Waals surface area contributed by atoms with E-state index in [1.165, 1.54) is 0 Å². The Balaban J connectivity index is 2.87. The van der Waals surface area contributed by atoms with Gasteiger partial charge in [-0.1, -0.05) is 51.2 Å². The molecule has 0 spiro atoms. The van der Waals surface area contributed by atoms with Gasteiger partial charge in [0.05, 0.1) is 0 Å². The first kappa shape index (κ1) is 12.0. The highest BCUT2D eigenvalue weighted by molar-refractivity contribution is 5.65. The van der Waals surface area contributed by atoms with Crippen LogP contribution < -0.4 is 0 Å². The molecular formula is C14H20O. The smallest absolute Gasteiger partial charge is 0.142 e. The van der Waals surface area contributed by atoms with Crippen LogP contribution in [0, 0.1) is 10.8 Å². The SMILES string of the molecule is CC(C)(C)CC1(/C=C/C=O)C=CC=CC1. The number of carbonyl (C=O) groups excluding carboxylic acids is 1. The van der Waals surface area contributed by atoms with Crippen LogP contribution in [0.5, 0.6) is 0 Å². The Labute approximate surface area is 92.6 Å². The summed E-state index contributed by atoms with van der Waals surface area (Å²) in [6.45, 7) is 6.70. The summed E-state index contributed by atoms with van der Waals surface area (Å²) in [5.41, 5.74) is 0.302. The summed E-state index contributed by atoms with van der Waals surface area (Å²) in [4.78, 5) is 10.4. The second-order valence-electron chi connectivity index (χ2n) is 5.46. The maximum absolute atomic E-state index is 10.4. The van der Waals surface area contributed by atoms with Gasteiger partial charge in [-0.3, -0.25) is 4.79 Å². The van der Waals surface area contributed by atoms with Crippen molar-refractivity contribution in [2.24, 2.45) is 10.8 Å². The summed E-state index contributed by atoms with van der Waals surface area (Å²) in [5.74, 6) is 0. The summed E-state index contributed by atoms with van der Waals surface area (Å²) in [5, 5.41) is 0. The van der Waals surface area contributed by atoms with Crippen molar-refractivity contribution in [3.8, 4) is 0 Å². The van der Waals surface area contributed by atoms with E-state index in [9.17, 15) is 4.79 Å². The molecule has 0 aromatic rings. The second-order valence-corrected chi connectivity index (χ2v) is 5.46. The summed E-state index contributed by atoms with van der Waals surface area (Å²) in [6.07, 6.45) is 15.1. The Morgan fingerprint density at radius 3 is 2.53 bits per heavy atom. The van der Waals surface area contributed by atoms with E-state index in [4.69, 9.17) is 0 Å². The molecule has 1 aliphatic carbocycles. The fourth-order valence-corrected chi connectivity index (χ4v) is 2.21. The van der Waals surface area contributed by atoms with Crippen molar-refractivity contribution in [2.75, 3.05) is 0 Å². The number of hydrogen-bond acceptors (Lipinski definition) is 1. The van der Waals surface area contributed by atoms with E-state index < -0.39 is 0 Å². The Morgan fingerprint density at radius 2 is 2.07 bits per heavy atom. The quantitative estimate of drug-likeness (QED) is 0.506. The zero-order valence-electron chi connectivity index (χ0n) is 9.86. The van der Waals surface area contributed by atoms with Crippen molar-refractivity contribution in [3.63, 3.8) is 0 Å². The number of carbonyl (C=O) groups is 1. The van der Waals surface area contributed by atoms with Crippen molar-refractivity contribution in [3.05, 3.63) is 36.5 Å². The van der Waals surface area contributed by atoms with Gasteiger partial charge in [0.25, 0.3) is 0 Å². The summed E-state index contributed by atoms with van der Waals surface area (Å²) in [6, 6.07) is 0. The molecular weight excluding hydrogens is 184 g/mol. The molecule has 0 aromatic carbocycles. The molecule has 1 unspecified atom stereocenters. The largest absolute Gasteiger partial charge is 0.299 e. The van der Waals surface area contributed by atoms with Crippen LogP contribution in [0.2, 0.25) is 0 Å². The highest BCUT2D eigenvalue weighted by Crippen LogP contribution is 2.40. The average Bonchev–Trinajstić information content (AvgIpc) is 2.14. The Hall–Kier alpha value is -1.11. The summed E-state index contributed by atoms with van der Waals surface area (Å²) in [7, 11) is 0. The molecule has 1 nitrogen and oxygen atoms in total. The molecule has 0 heterocycles. The molecule has 82 valence electrons. The standard InChI is InChI=1S/C14H20O/c1-13(2,3)12-14(10-7-11-15)8-5-4-6-9-14/h4-8,10-11H,9,12H2,1-3H3/b10-7+. The van der Waals surface area contributed by atoms with Crippen LogP contribution in [-0.4, -0.2) is 6.29 Å². The zero-order chi connectivity index (χ0) is 11.4. The molecule has 0 aromatic heterocycles. The monoisotopic (exact) mass is 204 g/mol. The highest BCUT2D eigenvalue weighted by Gasteiger charge is 2.29. The molecule has 1 heteroatoms. The molecule has 0 bridgehead atoms. The minimum atomic E-state index is 0.0356. The molecule has 0 saturated carbocycles. The number of rotatable bonds is 3. The fraction of sp³-hybridized carbons (Fsp3) is 0.500. The lowest BCUT2D eigenvalue weighted by atomic mass is 9.70. The molecule has 0 amide bonds. The van der Waals surface area contributed by atoms with Gasteiger partial charge < -0.3 is 0 Å². The van der Waals surface area contributed by atoms with Gasteiger partial charge in [0.1, 0.15) is 6.29 Å². The number of hydrogen-bond donors (Lipinski definition) is 0. The molecule has 1 aliphatic rings. The number of allylic oxidation sites excluding steroid dienone is 6. The molecule has 0 saturated heterocycles. The third kappa shape index (κ3) is 3.86. The van der Waals surface area contributed by atoms with Crippen molar-refractivity contribution in [1.29, 1.82) is 0 Å². The van der Waals surface area contributed by atoms with Gasteiger partial charge >= 0.3 is 0 Å². The molecule has 0 N–H and O–H groups in total. The first-order valence-electron chi connectivity index (χ1n) is 5.45. The van der Waals surface area contributed by atoms with Gasteiger partial charge in [-0.25, -0.2) is 0 Å². The molecule has 1 atom stereocenters. The Bertz CT molecular complexity index is 302. The minimum absolute atomic E-state index is 0.0356. The first-order valence-corrected chi connectivity index (χ1v) is 5.45. The lowest BCUT2D eigenvalue weighted by Gasteiger charge is -2.34. The van der Waals surface area contributed by atoms with E-state index in [2.05, 4.69) is 45.1 Å². The Morgan fingerprint density at radius 1 is 1.33 bits per heavy atom. The highest BCUT2D eigenvalue weighted by atomic mass is 16.1. The number of aldehydes is 1. The van der Waals surface area contributed by atoms with Crippen LogP contribution in [0.25, 0.3) is 0 Å². The lowest BCUT2D eigenvalue weighted by molar-refractivity contribution is -0.104. The van der Waals surface area contributed by atoms with E-state index in [1.807, 2.05) is 6.08 Å². The van der Waals surface area contributed by atoms with Crippen LogP contribution in [0.4, 0.5) is 0 Å². The first-order chi connectivity index (χ1) is 6.97. The maximum Gasteiger partial charge on any atom is 0.142 e. The predicted molar refractivity (Wildman–Crippen MR) is 64.6 cm³/mol. The van der Waals surface area contributed by atoms with Crippen molar-refractivity contribution in [2.45, 2.75) is 33.6 Å². The van der Waals surface area contributed by atoms with E-state index in [0.29, 0.717) is 0 Å². The van der Waals surface area contributed by atoms with Crippen LogP contribution in [-0.2, 0) is 4.79 Å². The third-order valence-electron chi connectivity index (χ3n) is 2.54. The fourth-order valence-electron chi connectivity index (χ4n) is 2.21. The van der Waals surface area contributed by atoms with Gasteiger partial charge in [0, 0.05) is 5.41 Å². The van der Waals surface area contributed by atoms with Crippen molar-refractivity contribution in [1.82, 2.24) is 0 Å².